The molecule has 0 aromatic heterocycles. The van der Waals surface area contributed by atoms with Crippen molar-refractivity contribution in [3.8, 4) is 0 Å². The zero-order valence-corrected chi connectivity index (χ0v) is 15.5. The number of benzene rings is 1. The minimum Gasteiger partial charge on any atom is -0.465 e. The monoisotopic (exact) mass is 351 g/mol. The van der Waals surface area contributed by atoms with Gasteiger partial charge in [-0.1, -0.05) is 36.3 Å². The van der Waals surface area contributed by atoms with Gasteiger partial charge in [0.05, 0.1) is 12.3 Å². The van der Waals surface area contributed by atoms with Crippen LogP contribution in [0.25, 0.3) is 0 Å². The molecule has 2 unspecified atom stereocenters. The van der Waals surface area contributed by atoms with Crippen LogP contribution in [-0.4, -0.2) is 39.6 Å². The third kappa shape index (κ3) is 4.04. The number of carbonyl (C=O) groups is 1. The molecule has 132 valence electrons. The summed E-state index contributed by atoms with van der Waals surface area (Å²) in [5.41, 5.74) is 3.15. The molecule has 0 amide bonds. The Balaban J connectivity index is 2.05. The van der Waals surface area contributed by atoms with Crippen molar-refractivity contribution >= 4 is 22.5 Å². The van der Waals surface area contributed by atoms with Gasteiger partial charge in [-0.15, -0.1) is 0 Å². The van der Waals surface area contributed by atoms with E-state index >= 15 is 0 Å². The molecule has 1 aliphatic heterocycles. The largest absolute Gasteiger partial charge is 0.465 e. The van der Waals surface area contributed by atoms with Crippen molar-refractivity contribution in [3.63, 3.8) is 0 Å². The van der Waals surface area contributed by atoms with Crippen molar-refractivity contribution in [1.29, 1.82) is 0 Å². The van der Waals surface area contributed by atoms with E-state index < -0.39 is 21.5 Å². The molecule has 0 saturated carbocycles. The van der Waals surface area contributed by atoms with E-state index in [9.17, 15) is 9.00 Å². The Labute approximate surface area is 145 Å². The highest BCUT2D eigenvalue weighted by Gasteiger charge is 2.43. The Bertz CT molecular complexity index is 641. The molecule has 0 radical (unpaired) electrons. The average molecular weight is 351 g/mol. The Hall–Kier alpha value is -1.69. The van der Waals surface area contributed by atoms with Crippen molar-refractivity contribution in [2.75, 3.05) is 12.9 Å². The summed E-state index contributed by atoms with van der Waals surface area (Å²) < 4.78 is 16.1. The second-order valence-corrected chi connectivity index (χ2v) is 7.94. The van der Waals surface area contributed by atoms with Gasteiger partial charge in [0.15, 0.2) is 0 Å². The fraction of sp³-hybridized carbons (Fsp3) is 0.556. The van der Waals surface area contributed by atoms with E-state index in [0.29, 0.717) is 12.8 Å². The summed E-state index contributed by atoms with van der Waals surface area (Å²) in [6.07, 6.45) is 3.15. The molecule has 0 N–H and O–H groups in total. The van der Waals surface area contributed by atoms with Crippen molar-refractivity contribution < 1.29 is 18.6 Å². The van der Waals surface area contributed by atoms with Gasteiger partial charge in [-0.25, -0.2) is 0 Å². The molecule has 1 aromatic carbocycles. The number of aryl methyl sites for hydroxylation is 1. The first-order valence-electron chi connectivity index (χ1n) is 8.23. The second-order valence-electron chi connectivity index (χ2n) is 6.13. The number of hydrogen-bond donors (Lipinski definition) is 0. The predicted molar refractivity (Wildman–Crippen MR) is 95.6 cm³/mol. The molecule has 0 saturated heterocycles. The lowest BCUT2D eigenvalue weighted by molar-refractivity contribution is -0.146. The van der Waals surface area contributed by atoms with Crippen LogP contribution in [0.4, 0.5) is 0 Å². The van der Waals surface area contributed by atoms with Crippen LogP contribution in [0, 0.1) is 0 Å². The second kappa shape index (κ2) is 7.92. The zero-order valence-electron chi connectivity index (χ0n) is 14.7. The summed E-state index contributed by atoms with van der Waals surface area (Å²) >= 11 is 0. The number of nitrogens with zero attached hydrogens (tertiary/aromatic N) is 1. The number of esters is 1. The fourth-order valence-corrected chi connectivity index (χ4v) is 3.39. The minimum atomic E-state index is -1.36. The number of rotatable bonds is 7. The van der Waals surface area contributed by atoms with Gasteiger partial charge in [0, 0.05) is 29.9 Å². The highest BCUT2D eigenvalue weighted by molar-refractivity contribution is 7.86. The molecule has 0 aliphatic carbocycles. The quantitative estimate of drug-likeness (QED) is 0.709. The van der Waals surface area contributed by atoms with Gasteiger partial charge in [0.1, 0.15) is 10.9 Å². The van der Waals surface area contributed by atoms with E-state index in [1.807, 2.05) is 12.1 Å². The molecule has 2 rings (SSSR count). The Kier molecular flexibility index (Phi) is 6.15. The summed E-state index contributed by atoms with van der Waals surface area (Å²) in [7, 11) is -1.36. The van der Waals surface area contributed by atoms with Crippen LogP contribution in [0.2, 0.25) is 0 Å². The third-order valence-corrected chi connectivity index (χ3v) is 5.99. The molecular formula is C18H25NO4S. The number of carbonyl (C=O) groups excluding carboxylic acids is 1. The summed E-state index contributed by atoms with van der Waals surface area (Å²) in [4.78, 5) is 17.7. The minimum absolute atomic E-state index is 0.267. The standard InChI is InChI=1S/C18H25NO4S/c1-5-13-7-9-14(10-8-13)16-11-15(23-19-16)12-18(3,24(4)21)17(20)22-6-2/h7-10,15H,5-6,11-12H2,1-4H3/t15-,18?,24?/m1/s1. The molecule has 0 spiro atoms. The van der Waals surface area contributed by atoms with E-state index in [2.05, 4.69) is 24.2 Å². The molecule has 0 fully saturated rings. The first kappa shape index (κ1) is 18.6. The van der Waals surface area contributed by atoms with Gasteiger partial charge in [0.25, 0.3) is 0 Å². The van der Waals surface area contributed by atoms with Crippen molar-refractivity contribution in [2.24, 2.45) is 5.16 Å². The first-order chi connectivity index (χ1) is 11.4. The van der Waals surface area contributed by atoms with Crippen LogP contribution in [0.1, 0.15) is 44.7 Å². The Morgan fingerprint density at radius 2 is 2.04 bits per heavy atom. The first-order valence-corrected chi connectivity index (χ1v) is 9.79. The highest BCUT2D eigenvalue weighted by Crippen LogP contribution is 2.28. The lowest BCUT2D eigenvalue weighted by atomic mass is 9.96. The van der Waals surface area contributed by atoms with Gasteiger partial charge in [-0.05, 0) is 31.4 Å². The molecule has 1 aromatic rings. The van der Waals surface area contributed by atoms with E-state index in [-0.39, 0.29) is 12.7 Å². The Morgan fingerprint density at radius 1 is 1.38 bits per heavy atom. The normalized spacial score (nSPS) is 20.7. The maximum atomic E-state index is 12.2. The molecule has 6 heteroatoms. The molecule has 1 heterocycles. The van der Waals surface area contributed by atoms with Crippen LogP contribution >= 0.6 is 0 Å². The van der Waals surface area contributed by atoms with Gasteiger partial charge in [-0.3, -0.25) is 9.00 Å². The van der Waals surface area contributed by atoms with Gasteiger partial charge < -0.3 is 9.57 Å². The van der Waals surface area contributed by atoms with Gasteiger partial charge in [0.2, 0.25) is 0 Å². The van der Waals surface area contributed by atoms with Crippen molar-refractivity contribution in [3.05, 3.63) is 35.4 Å². The van der Waals surface area contributed by atoms with E-state index in [4.69, 9.17) is 9.57 Å². The zero-order chi connectivity index (χ0) is 17.7. The van der Waals surface area contributed by atoms with Gasteiger partial charge >= 0.3 is 5.97 Å². The van der Waals surface area contributed by atoms with Crippen LogP contribution < -0.4 is 0 Å². The summed E-state index contributed by atoms with van der Waals surface area (Å²) in [6.45, 7) is 5.79. The smallest absolute Gasteiger partial charge is 0.324 e. The number of hydrogen-bond acceptors (Lipinski definition) is 5. The van der Waals surface area contributed by atoms with Crippen LogP contribution in [0.15, 0.2) is 29.4 Å². The lowest BCUT2D eigenvalue weighted by Crippen LogP contribution is -2.44. The maximum absolute atomic E-state index is 12.2. The van der Waals surface area contributed by atoms with Gasteiger partial charge in [-0.2, -0.15) is 0 Å². The highest BCUT2D eigenvalue weighted by atomic mass is 32.2. The summed E-state index contributed by atoms with van der Waals surface area (Å²) in [5.74, 6) is -0.449. The average Bonchev–Trinajstić information content (AvgIpc) is 3.03. The van der Waals surface area contributed by atoms with E-state index in [1.165, 1.54) is 11.8 Å². The lowest BCUT2D eigenvalue weighted by Gasteiger charge is -2.26. The number of oxime groups is 1. The molecular weight excluding hydrogens is 326 g/mol. The van der Waals surface area contributed by atoms with Crippen LogP contribution in [0.3, 0.4) is 0 Å². The fourth-order valence-electron chi connectivity index (χ4n) is 2.68. The van der Waals surface area contributed by atoms with Crippen LogP contribution in [-0.2, 0) is 31.6 Å². The molecule has 1 aliphatic rings. The molecule has 24 heavy (non-hydrogen) atoms. The van der Waals surface area contributed by atoms with Crippen LogP contribution in [0.5, 0.6) is 0 Å². The molecule has 0 bridgehead atoms. The van der Waals surface area contributed by atoms with E-state index in [1.54, 1.807) is 13.8 Å². The predicted octanol–water partition coefficient (Wildman–Crippen LogP) is 2.83. The SMILES string of the molecule is CCOC(=O)C(C)(C[C@H]1CC(c2ccc(CC)cc2)=NO1)S(C)=O. The maximum Gasteiger partial charge on any atom is 0.324 e. The molecule has 3 atom stereocenters. The van der Waals surface area contributed by atoms with E-state index in [0.717, 1.165) is 17.7 Å². The topological polar surface area (TPSA) is 65.0 Å². The number of ether oxygens (including phenoxy) is 1. The van der Waals surface area contributed by atoms with Crippen molar-refractivity contribution in [1.82, 2.24) is 0 Å². The summed E-state index contributed by atoms with van der Waals surface area (Å²) in [5, 5.41) is 4.16. The Morgan fingerprint density at radius 3 is 2.58 bits per heavy atom. The molecule has 5 nitrogen and oxygen atoms in total. The summed E-state index contributed by atoms with van der Waals surface area (Å²) in [6, 6.07) is 8.22. The third-order valence-electron chi connectivity index (χ3n) is 4.39. The van der Waals surface area contributed by atoms with Crippen molar-refractivity contribution in [2.45, 2.75) is 50.9 Å².